The molecule has 5 nitrogen and oxygen atoms in total. The topological polar surface area (TPSA) is 72.5 Å². The van der Waals surface area contributed by atoms with Crippen LogP contribution < -0.4 is 0 Å². The van der Waals surface area contributed by atoms with Crippen molar-refractivity contribution in [1.82, 2.24) is 5.16 Å². The lowest BCUT2D eigenvalue weighted by Crippen LogP contribution is -2.04. The van der Waals surface area contributed by atoms with Gasteiger partial charge in [0.15, 0.2) is 5.69 Å². The summed E-state index contributed by atoms with van der Waals surface area (Å²) in [5.74, 6) is -0.124. The van der Waals surface area contributed by atoms with Crippen molar-refractivity contribution in [3.63, 3.8) is 0 Å². The Bertz CT molecular complexity index is 723. The van der Waals surface area contributed by atoms with E-state index in [4.69, 9.17) is 4.52 Å². The van der Waals surface area contributed by atoms with E-state index in [9.17, 15) is 9.00 Å². The largest absolute Gasteiger partial charge is 0.361 e. The number of carbonyl (C=O) groups excluding carboxylic acids is 1. The molecule has 0 aliphatic rings. The first-order valence-electron chi connectivity index (χ1n) is 5.65. The van der Waals surface area contributed by atoms with Crippen molar-refractivity contribution in [2.45, 2.75) is 18.7 Å². The quantitative estimate of drug-likeness (QED) is 0.846. The van der Waals surface area contributed by atoms with Gasteiger partial charge in [-0.1, -0.05) is 22.9 Å². The monoisotopic (exact) mass is 278 g/mol. The van der Waals surface area contributed by atoms with Crippen LogP contribution in [0.1, 0.15) is 21.8 Å². The van der Waals surface area contributed by atoms with Crippen LogP contribution in [0.4, 0.5) is 0 Å². The third kappa shape index (κ3) is 3.08. The van der Waals surface area contributed by atoms with Crippen molar-refractivity contribution in [3.05, 3.63) is 47.3 Å². The van der Waals surface area contributed by atoms with Gasteiger partial charge in [-0.3, -0.25) is 4.79 Å². The number of amides is 1. The summed E-state index contributed by atoms with van der Waals surface area (Å²) in [4.78, 5) is 12.4. The van der Waals surface area contributed by atoms with Crippen molar-refractivity contribution in [2.24, 2.45) is 4.36 Å². The molecule has 2 rings (SSSR count). The van der Waals surface area contributed by atoms with E-state index < -0.39 is 15.6 Å². The molecule has 1 amide bonds. The molecule has 0 saturated heterocycles. The van der Waals surface area contributed by atoms with Gasteiger partial charge in [0.25, 0.3) is 0 Å². The fourth-order valence-electron chi connectivity index (χ4n) is 1.52. The summed E-state index contributed by atoms with van der Waals surface area (Å²) in [5, 5.41) is 3.56. The van der Waals surface area contributed by atoms with Crippen LogP contribution >= 0.6 is 0 Å². The predicted molar refractivity (Wildman–Crippen MR) is 71.5 cm³/mol. The molecule has 1 aromatic heterocycles. The summed E-state index contributed by atoms with van der Waals surface area (Å²) in [7, 11) is -2.77. The van der Waals surface area contributed by atoms with E-state index >= 15 is 0 Å². The first kappa shape index (κ1) is 13.5. The highest BCUT2D eigenvalue weighted by Crippen LogP contribution is 2.14. The zero-order chi connectivity index (χ0) is 14.0. The van der Waals surface area contributed by atoms with Gasteiger partial charge in [0, 0.05) is 17.2 Å². The van der Waals surface area contributed by atoms with Crippen LogP contribution in [0.15, 0.2) is 44.1 Å². The highest BCUT2D eigenvalue weighted by Gasteiger charge is 2.14. The first-order chi connectivity index (χ1) is 8.88. The molecule has 1 atom stereocenters. The van der Waals surface area contributed by atoms with Gasteiger partial charge >= 0.3 is 5.91 Å². The van der Waals surface area contributed by atoms with Gasteiger partial charge < -0.3 is 4.52 Å². The van der Waals surface area contributed by atoms with Gasteiger partial charge in [-0.05, 0) is 26.0 Å². The summed E-state index contributed by atoms with van der Waals surface area (Å²) < 4.78 is 21.0. The number of benzene rings is 1. The fourth-order valence-corrected chi connectivity index (χ4v) is 2.67. The fraction of sp³-hybridized carbons (Fsp3) is 0.231. The zero-order valence-electron chi connectivity index (χ0n) is 10.9. The molecule has 2 aromatic rings. The molecule has 19 heavy (non-hydrogen) atoms. The Morgan fingerprint density at radius 2 is 1.89 bits per heavy atom. The van der Waals surface area contributed by atoms with Gasteiger partial charge in [0.2, 0.25) is 0 Å². The Hall–Kier alpha value is -1.95. The molecule has 0 aliphatic heterocycles. The van der Waals surface area contributed by atoms with Crippen molar-refractivity contribution in [1.29, 1.82) is 0 Å². The second kappa shape index (κ2) is 4.97. The van der Waals surface area contributed by atoms with Gasteiger partial charge in [0.05, 0.1) is 9.73 Å². The molecular formula is C13H14N2O3S. The van der Waals surface area contributed by atoms with E-state index in [1.54, 1.807) is 19.1 Å². The second-order valence-electron chi connectivity index (χ2n) is 4.33. The first-order valence-corrected chi connectivity index (χ1v) is 7.57. The molecule has 6 heteroatoms. The van der Waals surface area contributed by atoms with E-state index in [2.05, 4.69) is 9.52 Å². The van der Waals surface area contributed by atoms with Crippen LogP contribution in [0.5, 0.6) is 0 Å². The highest BCUT2D eigenvalue weighted by atomic mass is 32.2. The molecule has 1 aromatic carbocycles. The average molecular weight is 278 g/mol. The summed E-state index contributed by atoms with van der Waals surface area (Å²) in [6, 6.07) is 8.55. The number of hydrogen-bond acceptors (Lipinski definition) is 4. The summed E-state index contributed by atoms with van der Waals surface area (Å²) >= 11 is 0. The Kier molecular flexibility index (Phi) is 3.53. The van der Waals surface area contributed by atoms with Crippen molar-refractivity contribution < 1.29 is 13.5 Å². The molecule has 0 fully saturated rings. The second-order valence-corrected chi connectivity index (χ2v) is 6.59. The van der Waals surface area contributed by atoms with Gasteiger partial charge in [-0.2, -0.15) is 4.36 Å². The van der Waals surface area contributed by atoms with E-state index in [0.717, 1.165) is 5.56 Å². The van der Waals surface area contributed by atoms with Crippen molar-refractivity contribution in [2.75, 3.05) is 6.26 Å². The maximum atomic E-state index is 12.4. The molecule has 0 spiro atoms. The summed E-state index contributed by atoms with van der Waals surface area (Å²) in [6.07, 6.45) is 1.43. The molecule has 0 unspecified atom stereocenters. The Balaban J connectivity index is 2.38. The smallest absolute Gasteiger partial charge is 0.307 e. The normalized spacial score (nSPS) is 13.8. The van der Waals surface area contributed by atoms with Crippen molar-refractivity contribution in [3.8, 4) is 0 Å². The Morgan fingerprint density at radius 3 is 2.42 bits per heavy atom. The van der Waals surface area contributed by atoms with Crippen LogP contribution in [-0.4, -0.2) is 21.5 Å². The van der Waals surface area contributed by atoms with E-state index in [1.165, 1.54) is 12.3 Å². The number of carbonyl (C=O) groups is 1. The molecule has 0 N–H and O–H groups in total. The highest BCUT2D eigenvalue weighted by molar-refractivity contribution is 7.93. The SMILES string of the molecule is Cc1ccc([S@](C)(=O)=NC(=O)c2cc(C)on2)cc1. The van der Waals surface area contributed by atoms with Crippen LogP contribution in [0.25, 0.3) is 0 Å². The lowest BCUT2D eigenvalue weighted by Gasteiger charge is -2.03. The number of aromatic nitrogens is 1. The Labute approximate surface area is 111 Å². The van der Waals surface area contributed by atoms with Crippen LogP contribution in [0, 0.1) is 13.8 Å². The third-order valence-corrected chi connectivity index (χ3v) is 4.22. The minimum Gasteiger partial charge on any atom is -0.361 e. The lowest BCUT2D eigenvalue weighted by molar-refractivity contribution is 0.0996. The van der Waals surface area contributed by atoms with Crippen LogP contribution in [0.3, 0.4) is 0 Å². The summed E-state index contributed by atoms with van der Waals surface area (Å²) in [5.41, 5.74) is 1.12. The number of hydrogen-bond donors (Lipinski definition) is 0. The minimum atomic E-state index is -2.77. The summed E-state index contributed by atoms with van der Waals surface area (Å²) in [6.45, 7) is 3.61. The molecule has 0 saturated carbocycles. The molecule has 0 aliphatic carbocycles. The molecule has 100 valence electrons. The number of rotatable bonds is 2. The molecule has 0 radical (unpaired) electrons. The van der Waals surface area contributed by atoms with Gasteiger partial charge in [0.1, 0.15) is 5.76 Å². The molecule has 0 bridgehead atoms. The molecular weight excluding hydrogens is 264 g/mol. The number of nitrogens with zero attached hydrogens (tertiary/aromatic N) is 2. The maximum Gasteiger partial charge on any atom is 0.307 e. The predicted octanol–water partition coefficient (Wildman–Crippen LogP) is 2.59. The lowest BCUT2D eigenvalue weighted by atomic mass is 10.2. The van der Waals surface area contributed by atoms with Gasteiger partial charge in [-0.15, -0.1) is 0 Å². The standard InChI is InChI=1S/C13H14N2O3S/c1-9-4-6-11(7-5-9)19(3,17)15-13(16)12-8-10(2)18-14-12/h4-8H,1-3H3/t19-/m0/s1. The van der Waals surface area contributed by atoms with Crippen molar-refractivity contribution >= 4 is 15.6 Å². The van der Waals surface area contributed by atoms with E-state index in [1.807, 2.05) is 19.1 Å². The van der Waals surface area contributed by atoms with Crippen LogP contribution in [0.2, 0.25) is 0 Å². The van der Waals surface area contributed by atoms with E-state index in [0.29, 0.717) is 10.7 Å². The molecule has 1 heterocycles. The van der Waals surface area contributed by atoms with Gasteiger partial charge in [-0.25, -0.2) is 4.21 Å². The van der Waals surface area contributed by atoms with E-state index in [-0.39, 0.29) is 5.69 Å². The average Bonchev–Trinajstić information content (AvgIpc) is 2.76. The minimum absolute atomic E-state index is 0.0687. The Morgan fingerprint density at radius 1 is 1.26 bits per heavy atom. The zero-order valence-corrected chi connectivity index (χ0v) is 11.7. The third-order valence-electron chi connectivity index (χ3n) is 2.56. The maximum absolute atomic E-state index is 12.4. The van der Waals surface area contributed by atoms with Crippen LogP contribution in [-0.2, 0) is 9.73 Å². The number of aryl methyl sites for hydroxylation is 2.